The molecule has 0 aliphatic carbocycles. The number of hydrogen-bond donors (Lipinski definition) is 6. The van der Waals surface area contributed by atoms with Crippen LogP contribution in [0.1, 0.15) is 200 Å². The third-order valence-electron chi connectivity index (χ3n) is 12.1. The van der Waals surface area contributed by atoms with E-state index >= 15 is 0 Å². The molecule has 1 aliphatic rings. The molecule has 1 rings (SSSR count). The number of ether oxygens (including phenoxy) is 2. The average molecular weight is 950 g/mol. The fourth-order valence-corrected chi connectivity index (χ4v) is 7.80. The van der Waals surface area contributed by atoms with Gasteiger partial charge < -0.3 is 40.3 Å². The standard InChI is InChI=1S/C59H99NO8/c1-3-5-7-9-11-13-15-17-19-21-23-24-25-26-27-28-29-31-32-34-36-38-40-42-44-46-48-53(62)52(51-67-59-58(66)57(65)56(64)54(50-61)68-59)60-55(63)49-47-45-43-41-39-37-35-33-30-22-20-18-16-14-12-10-8-6-4-2/h6,8,12,14,18,20,30-33,37-40,43,45-46,48,52-54,56-59,61-62,64-66H,3-5,7,9-11,13,15-17,19,21-29,34-36,41-42,44,47,49-51H2,1-2H3,(H,60,63)/b8-6-,14-12-,20-18-,32-31+,33-30-,39-37-,40-38+,45-43-,48-46+. The molecule has 0 saturated carbocycles. The van der Waals surface area contributed by atoms with Gasteiger partial charge in [-0.25, -0.2) is 0 Å². The summed E-state index contributed by atoms with van der Waals surface area (Å²) in [7, 11) is 0. The molecule has 1 fully saturated rings. The van der Waals surface area contributed by atoms with Crippen LogP contribution in [0.4, 0.5) is 0 Å². The van der Waals surface area contributed by atoms with Crippen molar-refractivity contribution >= 4 is 5.91 Å². The molecule has 1 aliphatic heterocycles. The molecule has 1 saturated heterocycles. The lowest BCUT2D eigenvalue weighted by Gasteiger charge is -2.40. The summed E-state index contributed by atoms with van der Waals surface area (Å²) in [6, 6.07) is -0.877. The fraction of sp³-hybridized carbons (Fsp3) is 0.678. The molecule has 7 atom stereocenters. The van der Waals surface area contributed by atoms with Gasteiger partial charge in [-0.15, -0.1) is 0 Å². The Balaban J connectivity index is 2.36. The van der Waals surface area contributed by atoms with Gasteiger partial charge in [-0.1, -0.05) is 220 Å². The molecule has 388 valence electrons. The molecular formula is C59H99NO8. The second kappa shape index (κ2) is 47.5. The van der Waals surface area contributed by atoms with E-state index in [1.807, 2.05) is 18.2 Å². The van der Waals surface area contributed by atoms with Gasteiger partial charge in [0.25, 0.3) is 0 Å². The second-order valence-electron chi connectivity index (χ2n) is 18.3. The third-order valence-corrected chi connectivity index (χ3v) is 12.1. The summed E-state index contributed by atoms with van der Waals surface area (Å²) >= 11 is 0. The van der Waals surface area contributed by atoms with Crippen molar-refractivity contribution in [2.45, 2.75) is 243 Å². The minimum atomic E-state index is -1.59. The van der Waals surface area contributed by atoms with E-state index in [1.54, 1.807) is 6.08 Å². The first kappa shape index (κ1) is 62.9. The summed E-state index contributed by atoms with van der Waals surface area (Å²) in [5.74, 6) is -0.276. The molecule has 68 heavy (non-hydrogen) atoms. The van der Waals surface area contributed by atoms with Crippen molar-refractivity contribution in [1.29, 1.82) is 0 Å². The van der Waals surface area contributed by atoms with E-state index < -0.39 is 49.5 Å². The smallest absolute Gasteiger partial charge is 0.220 e. The topological polar surface area (TPSA) is 149 Å². The van der Waals surface area contributed by atoms with Crippen LogP contribution in [0.3, 0.4) is 0 Å². The van der Waals surface area contributed by atoms with Crippen molar-refractivity contribution in [3.8, 4) is 0 Å². The maximum Gasteiger partial charge on any atom is 0.220 e. The quantitative estimate of drug-likeness (QED) is 0.0261. The molecule has 0 aromatic rings. The lowest BCUT2D eigenvalue weighted by atomic mass is 9.99. The van der Waals surface area contributed by atoms with Crippen molar-refractivity contribution in [2.75, 3.05) is 13.2 Å². The molecule has 0 aromatic carbocycles. The summed E-state index contributed by atoms with van der Waals surface area (Å²) < 4.78 is 11.2. The number of hydrogen-bond acceptors (Lipinski definition) is 8. The highest BCUT2D eigenvalue weighted by Gasteiger charge is 2.44. The zero-order valence-corrected chi connectivity index (χ0v) is 42.8. The zero-order valence-electron chi connectivity index (χ0n) is 42.8. The van der Waals surface area contributed by atoms with Crippen LogP contribution in [-0.2, 0) is 14.3 Å². The van der Waals surface area contributed by atoms with Crippen LogP contribution in [0, 0.1) is 0 Å². The summed E-state index contributed by atoms with van der Waals surface area (Å²) in [5, 5.41) is 54.3. The summed E-state index contributed by atoms with van der Waals surface area (Å²) in [6.07, 6.45) is 63.1. The molecule has 0 bridgehead atoms. The summed E-state index contributed by atoms with van der Waals surface area (Å²) in [6.45, 7) is 3.59. The largest absolute Gasteiger partial charge is 0.394 e. The molecule has 0 spiro atoms. The van der Waals surface area contributed by atoms with E-state index in [0.717, 1.165) is 64.2 Å². The zero-order chi connectivity index (χ0) is 49.4. The maximum absolute atomic E-state index is 13.0. The van der Waals surface area contributed by atoms with Gasteiger partial charge in [-0.05, 0) is 83.5 Å². The van der Waals surface area contributed by atoms with Gasteiger partial charge in [-0.2, -0.15) is 0 Å². The van der Waals surface area contributed by atoms with Gasteiger partial charge in [0.05, 0.1) is 25.4 Å². The van der Waals surface area contributed by atoms with E-state index in [2.05, 4.69) is 104 Å². The molecular weight excluding hydrogens is 851 g/mol. The Kier molecular flexibility index (Phi) is 43.9. The Labute approximate surface area is 415 Å². The SMILES string of the molecule is CC/C=C\C/C=C\C/C=C\C/C=C\C/C=C\C/C=C\CCC(=O)NC(COC1OC(CO)C(O)C(O)C1O)C(O)/C=C/CC/C=C/CC/C=C/CCCCCCCCCCCCCCCCCC. The maximum atomic E-state index is 13.0. The van der Waals surface area contributed by atoms with Crippen LogP contribution in [-0.4, -0.2) is 87.5 Å². The molecule has 7 unspecified atom stereocenters. The van der Waals surface area contributed by atoms with Crippen molar-refractivity contribution < 1.29 is 39.8 Å². The number of aliphatic hydroxyl groups excluding tert-OH is 5. The first-order chi connectivity index (χ1) is 33.3. The van der Waals surface area contributed by atoms with Crippen LogP contribution < -0.4 is 5.32 Å². The van der Waals surface area contributed by atoms with Crippen LogP contribution in [0.25, 0.3) is 0 Å². The monoisotopic (exact) mass is 950 g/mol. The number of nitrogens with one attached hydrogen (secondary N) is 1. The fourth-order valence-electron chi connectivity index (χ4n) is 7.80. The number of unbranched alkanes of at least 4 members (excludes halogenated alkanes) is 18. The Morgan fingerprint density at radius 1 is 0.515 bits per heavy atom. The Morgan fingerprint density at radius 2 is 0.926 bits per heavy atom. The Morgan fingerprint density at radius 3 is 1.40 bits per heavy atom. The molecule has 0 radical (unpaired) electrons. The number of allylic oxidation sites excluding steroid dienone is 17. The van der Waals surface area contributed by atoms with Crippen LogP contribution >= 0.6 is 0 Å². The van der Waals surface area contributed by atoms with Gasteiger partial charge in [-0.3, -0.25) is 4.79 Å². The van der Waals surface area contributed by atoms with Gasteiger partial charge in [0.2, 0.25) is 5.91 Å². The first-order valence-electron chi connectivity index (χ1n) is 27.1. The highest BCUT2D eigenvalue weighted by Crippen LogP contribution is 2.22. The second-order valence-corrected chi connectivity index (χ2v) is 18.3. The average Bonchev–Trinajstić information content (AvgIpc) is 3.34. The van der Waals surface area contributed by atoms with Gasteiger partial charge in [0.1, 0.15) is 24.4 Å². The molecule has 6 N–H and O–H groups in total. The van der Waals surface area contributed by atoms with Gasteiger partial charge in [0, 0.05) is 6.42 Å². The molecule has 1 amide bonds. The van der Waals surface area contributed by atoms with E-state index in [0.29, 0.717) is 12.8 Å². The number of carbonyl (C=O) groups is 1. The van der Waals surface area contributed by atoms with E-state index in [1.165, 1.54) is 103 Å². The predicted octanol–water partition coefficient (Wildman–Crippen LogP) is 13.0. The lowest BCUT2D eigenvalue weighted by molar-refractivity contribution is -0.302. The van der Waals surface area contributed by atoms with Crippen molar-refractivity contribution in [1.82, 2.24) is 5.32 Å². The third kappa shape index (κ3) is 36.8. The Hall–Kier alpha value is -3.15. The first-order valence-corrected chi connectivity index (χ1v) is 27.1. The number of aliphatic hydroxyl groups is 5. The van der Waals surface area contributed by atoms with Crippen LogP contribution in [0.2, 0.25) is 0 Å². The minimum Gasteiger partial charge on any atom is -0.394 e. The van der Waals surface area contributed by atoms with Crippen LogP contribution in [0.5, 0.6) is 0 Å². The minimum absolute atomic E-state index is 0.203. The van der Waals surface area contributed by atoms with E-state index in [-0.39, 0.29) is 18.9 Å². The Bertz CT molecular complexity index is 1430. The summed E-state index contributed by atoms with van der Waals surface area (Å²) in [5.41, 5.74) is 0. The highest BCUT2D eigenvalue weighted by atomic mass is 16.7. The van der Waals surface area contributed by atoms with Gasteiger partial charge >= 0.3 is 0 Å². The normalized spacial score (nSPS) is 20.5. The summed E-state index contributed by atoms with van der Waals surface area (Å²) in [4.78, 5) is 13.0. The lowest BCUT2D eigenvalue weighted by Crippen LogP contribution is -2.60. The van der Waals surface area contributed by atoms with E-state index in [9.17, 15) is 30.3 Å². The van der Waals surface area contributed by atoms with Crippen molar-refractivity contribution in [3.05, 3.63) is 109 Å². The molecule has 9 heteroatoms. The molecule has 1 heterocycles. The number of carbonyl (C=O) groups excluding carboxylic acids is 1. The molecule has 9 nitrogen and oxygen atoms in total. The highest BCUT2D eigenvalue weighted by molar-refractivity contribution is 5.76. The van der Waals surface area contributed by atoms with Crippen LogP contribution in [0.15, 0.2) is 109 Å². The van der Waals surface area contributed by atoms with E-state index in [4.69, 9.17) is 9.47 Å². The molecule has 0 aromatic heterocycles. The number of amides is 1. The number of rotatable bonds is 44. The predicted molar refractivity (Wildman–Crippen MR) is 285 cm³/mol. The van der Waals surface area contributed by atoms with Crippen molar-refractivity contribution in [2.24, 2.45) is 0 Å². The van der Waals surface area contributed by atoms with Gasteiger partial charge in [0.15, 0.2) is 6.29 Å². The van der Waals surface area contributed by atoms with Crippen molar-refractivity contribution in [3.63, 3.8) is 0 Å².